The number of phenolic OH excluding ortho intramolecular Hbond substituents is 2. The Hall–Kier alpha value is -4.82. The number of aromatic hydroxyl groups is 2. The first-order chi connectivity index (χ1) is 27.7. The maximum atomic E-state index is 10.6. The fourth-order valence-electron chi connectivity index (χ4n) is 7.59. The van der Waals surface area contributed by atoms with Gasteiger partial charge in [0.2, 0.25) is 0 Å². The Labute approximate surface area is 341 Å². The van der Waals surface area contributed by atoms with Gasteiger partial charge < -0.3 is 40.9 Å². The average Bonchev–Trinajstić information content (AvgIpc) is 3.24. The minimum Gasteiger partial charge on any atom is -0.508 e. The molecule has 2 heterocycles. The molecule has 0 saturated carbocycles. The Morgan fingerprint density at radius 1 is 0.517 bits per heavy atom. The van der Waals surface area contributed by atoms with E-state index in [0.717, 1.165) is 62.0 Å². The van der Waals surface area contributed by atoms with Gasteiger partial charge in [-0.3, -0.25) is 9.80 Å². The van der Waals surface area contributed by atoms with E-state index >= 15 is 0 Å². The standard InChI is InChI=1S/2C21H27NO2.C4H6O6/c2*1-16(21(24)19-7-9-20(23)10-8-19)22-13-11-18(12-14-22)15-17-5-3-2-4-6-17;5-1(3(7)8)2(6)4(9)10/h2*2-10,16,18,21,23-24H,11-15H2,1H3;1-2,5-6H,(H,7,8)(H,9,10). The number of benzene rings is 4. The highest BCUT2D eigenvalue weighted by Gasteiger charge is 2.30. The lowest BCUT2D eigenvalue weighted by molar-refractivity contribution is -0.165. The van der Waals surface area contributed by atoms with Crippen LogP contribution in [0.3, 0.4) is 0 Å². The molecule has 58 heavy (non-hydrogen) atoms. The third-order valence-corrected chi connectivity index (χ3v) is 11.4. The number of piperidine rings is 2. The third-order valence-electron chi connectivity index (χ3n) is 11.4. The molecule has 0 amide bonds. The van der Waals surface area contributed by atoms with Crippen LogP contribution in [0.15, 0.2) is 109 Å². The molecule has 6 atom stereocenters. The molecule has 12 heteroatoms. The van der Waals surface area contributed by atoms with Gasteiger partial charge in [0.05, 0.1) is 12.2 Å². The quantitative estimate of drug-likeness (QED) is 0.0856. The Kier molecular flexibility index (Phi) is 18.1. The fourth-order valence-corrected chi connectivity index (χ4v) is 7.59. The van der Waals surface area contributed by atoms with Crippen molar-refractivity contribution >= 4 is 11.9 Å². The number of hydrogen-bond donors (Lipinski definition) is 8. The molecule has 2 aliphatic heterocycles. The molecule has 0 radical (unpaired) electrons. The van der Waals surface area contributed by atoms with Crippen LogP contribution in [0.25, 0.3) is 0 Å². The lowest BCUT2D eigenvalue weighted by Crippen LogP contribution is -2.43. The summed E-state index contributed by atoms with van der Waals surface area (Å²) < 4.78 is 0. The van der Waals surface area contributed by atoms with E-state index in [2.05, 4.69) is 84.3 Å². The summed E-state index contributed by atoms with van der Waals surface area (Å²) in [6.45, 7) is 8.33. The Morgan fingerprint density at radius 3 is 1.09 bits per heavy atom. The number of aliphatic hydroxyl groups is 4. The predicted molar refractivity (Wildman–Crippen MR) is 221 cm³/mol. The highest BCUT2D eigenvalue weighted by molar-refractivity contribution is 5.83. The van der Waals surface area contributed by atoms with E-state index in [1.165, 1.54) is 36.8 Å². The molecule has 4 aromatic rings. The molecular formula is C46H60N2O10. The molecule has 8 N–H and O–H groups in total. The number of likely N-dealkylation sites (tertiary alicyclic amines) is 2. The molecule has 6 rings (SSSR count). The van der Waals surface area contributed by atoms with Gasteiger partial charge in [-0.15, -0.1) is 0 Å². The smallest absolute Gasteiger partial charge is 0.335 e. The van der Waals surface area contributed by atoms with Gasteiger partial charge in [0.25, 0.3) is 0 Å². The fraction of sp³-hybridized carbons (Fsp3) is 0.435. The van der Waals surface area contributed by atoms with Crippen LogP contribution in [-0.2, 0) is 22.4 Å². The van der Waals surface area contributed by atoms with Crippen LogP contribution in [-0.4, -0.2) is 113 Å². The van der Waals surface area contributed by atoms with Crippen molar-refractivity contribution in [2.45, 2.75) is 88.9 Å². The van der Waals surface area contributed by atoms with Gasteiger partial charge in [0.1, 0.15) is 11.5 Å². The minimum atomic E-state index is -2.27. The van der Waals surface area contributed by atoms with E-state index in [0.29, 0.717) is 0 Å². The molecule has 0 aromatic heterocycles. The van der Waals surface area contributed by atoms with Crippen molar-refractivity contribution in [3.8, 4) is 11.5 Å². The largest absolute Gasteiger partial charge is 0.508 e. The summed E-state index contributed by atoms with van der Waals surface area (Å²) in [5.74, 6) is -1.59. The van der Waals surface area contributed by atoms with E-state index in [9.17, 15) is 30.0 Å². The van der Waals surface area contributed by atoms with Gasteiger partial charge in [0, 0.05) is 12.1 Å². The molecule has 6 unspecified atom stereocenters. The summed E-state index contributed by atoms with van der Waals surface area (Å²) in [5, 5.41) is 72.5. The summed E-state index contributed by atoms with van der Waals surface area (Å²) in [4.78, 5) is 24.3. The van der Waals surface area contributed by atoms with Crippen molar-refractivity contribution in [2.75, 3.05) is 26.2 Å². The first-order valence-electron chi connectivity index (χ1n) is 20.0. The molecular weight excluding hydrogens is 741 g/mol. The Bertz CT molecular complexity index is 1650. The zero-order valence-corrected chi connectivity index (χ0v) is 33.4. The van der Waals surface area contributed by atoms with E-state index in [1.54, 1.807) is 48.5 Å². The summed E-state index contributed by atoms with van der Waals surface area (Å²) in [6, 6.07) is 35.4. The average molecular weight is 801 g/mol. The molecule has 2 saturated heterocycles. The van der Waals surface area contributed by atoms with Crippen LogP contribution in [0.4, 0.5) is 0 Å². The first kappa shape index (κ1) is 45.9. The summed E-state index contributed by atoms with van der Waals surface area (Å²) in [6.07, 6.45) is 1.47. The number of carbonyl (C=O) groups is 2. The third kappa shape index (κ3) is 14.2. The number of carboxylic acid groups (broad SMARTS) is 2. The van der Waals surface area contributed by atoms with Crippen molar-refractivity contribution in [2.24, 2.45) is 11.8 Å². The Morgan fingerprint density at radius 2 is 0.810 bits per heavy atom. The number of carboxylic acids is 2. The molecule has 0 bridgehead atoms. The number of nitrogens with zero attached hydrogens (tertiary/aromatic N) is 2. The lowest BCUT2D eigenvalue weighted by atomic mass is 9.89. The summed E-state index contributed by atoms with van der Waals surface area (Å²) >= 11 is 0. The topological polar surface area (TPSA) is 202 Å². The number of phenols is 2. The van der Waals surface area contributed by atoms with Crippen molar-refractivity contribution < 1.29 is 50.4 Å². The minimum absolute atomic E-state index is 0.0900. The van der Waals surface area contributed by atoms with E-state index in [1.807, 2.05) is 0 Å². The molecule has 2 fully saturated rings. The van der Waals surface area contributed by atoms with Crippen molar-refractivity contribution in [3.63, 3.8) is 0 Å². The summed E-state index contributed by atoms with van der Waals surface area (Å²) in [7, 11) is 0. The van der Waals surface area contributed by atoms with Gasteiger partial charge in [-0.25, -0.2) is 9.59 Å². The van der Waals surface area contributed by atoms with Crippen LogP contribution in [0, 0.1) is 11.8 Å². The lowest BCUT2D eigenvalue weighted by Gasteiger charge is -2.38. The maximum Gasteiger partial charge on any atom is 0.335 e. The zero-order valence-electron chi connectivity index (χ0n) is 33.4. The van der Waals surface area contributed by atoms with Crippen molar-refractivity contribution in [3.05, 3.63) is 131 Å². The normalized spacial score (nSPS) is 18.5. The van der Waals surface area contributed by atoms with Crippen LogP contribution in [0.1, 0.15) is 74.0 Å². The summed E-state index contributed by atoms with van der Waals surface area (Å²) in [5.41, 5.74) is 4.58. The van der Waals surface area contributed by atoms with Crippen LogP contribution >= 0.6 is 0 Å². The highest BCUT2D eigenvalue weighted by Crippen LogP contribution is 2.30. The van der Waals surface area contributed by atoms with Gasteiger partial charge in [-0.1, -0.05) is 84.9 Å². The molecule has 12 nitrogen and oxygen atoms in total. The number of aliphatic hydroxyl groups excluding tert-OH is 4. The second-order valence-corrected chi connectivity index (χ2v) is 15.5. The molecule has 2 aliphatic rings. The molecule has 0 spiro atoms. The van der Waals surface area contributed by atoms with Gasteiger partial charge in [-0.05, 0) is 137 Å². The van der Waals surface area contributed by atoms with Crippen LogP contribution < -0.4 is 0 Å². The second-order valence-electron chi connectivity index (χ2n) is 15.5. The second kappa shape index (κ2) is 22.9. The van der Waals surface area contributed by atoms with Gasteiger partial charge in [-0.2, -0.15) is 0 Å². The molecule has 0 aliphatic carbocycles. The van der Waals surface area contributed by atoms with Crippen LogP contribution in [0.5, 0.6) is 11.5 Å². The zero-order chi connectivity index (χ0) is 42.2. The van der Waals surface area contributed by atoms with Crippen LogP contribution in [0.2, 0.25) is 0 Å². The van der Waals surface area contributed by atoms with Crippen molar-refractivity contribution in [1.29, 1.82) is 0 Å². The SMILES string of the molecule is CC(C(O)c1ccc(O)cc1)N1CCC(Cc2ccccc2)CC1.CC(C(O)c1ccc(O)cc1)N1CCC(Cc2ccccc2)CC1.O=C(O)C(O)C(O)C(=O)O. The highest BCUT2D eigenvalue weighted by atomic mass is 16.4. The monoisotopic (exact) mass is 800 g/mol. The molecule has 4 aromatic carbocycles. The number of rotatable bonds is 13. The first-order valence-corrected chi connectivity index (χ1v) is 20.0. The predicted octanol–water partition coefficient (Wildman–Crippen LogP) is 5.42. The number of hydrogen-bond acceptors (Lipinski definition) is 10. The molecule has 314 valence electrons. The van der Waals surface area contributed by atoms with Crippen molar-refractivity contribution in [1.82, 2.24) is 9.80 Å². The Balaban J connectivity index is 0.000000209. The van der Waals surface area contributed by atoms with E-state index in [4.69, 9.17) is 20.4 Å². The van der Waals surface area contributed by atoms with Gasteiger partial charge in [0.15, 0.2) is 12.2 Å². The number of aliphatic carboxylic acids is 2. The van der Waals surface area contributed by atoms with E-state index < -0.39 is 36.4 Å². The van der Waals surface area contributed by atoms with Gasteiger partial charge >= 0.3 is 11.9 Å². The van der Waals surface area contributed by atoms with E-state index in [-0.39, 0.29) is 23.6 Å². The maximum absolute atomic E-state index is 10.6.